The number of aliphatic hydroxyl groups is 2. The van der Waals surface area contributed by atoms with E-state index in [9.17, 15) is 48.5 Å². The Morgan fingerprint density at radius 1 is 0.831 bits per heavy atom. The molecule has 1 unspecified atom stereocenters. The van der Waals surface area contributed by atoms with Crippen LogP contribution in [-0.4, -0.2) is 131 Å². The number of nitrogens with zero attached hydrogens (tertiary/aromatic N) is 5. The van der Waals surface area contributed by atoms with E-state index in [1.165, 1.54) is 12.1 Å². The van der Waals surface area contributed by atoms with Crippen LogP contribution in [0.4, 0.5) is 15.8 Å². The van der Waals surface area contributed by atoms with Crippen LogP contribution in [-0.2, 0) is 43.4 Å². The molecule has 1 fully saturated rings. The number of aliphatic carboxylic acids is 1. The van der Waals surface area contributed by atoms with Crippen molar-refractivity contribution in [3.8, 4) is 28.1 Å². The van der Waals surface area contributed by atoms with Crippen molar-refractivity contribution < 1.29 is 62.7 Å². The number of aromatic nitrogens is 4. The zero-order valence-corrected chi connectivity index (χ0v) is 47.7. The molecule has 5 amide bonds. The van der Waals surface area contributed by atoms with Crippen LogP contribution < -0.4 is 20.7 Å². The summed E-state index contributed by atoms with van der Waals surface area (Å²) in [4.78, 5) is 78.1. The lowest BCUT2D eigenvalue weighted by Gasteiger charge is -2.30. The minimum Gasteiger partial charge on any atom is -0.494 e. The van der Waals surface area contributed by atoms with Crippen LogP contribution in [0.5, 0.6) is 5.75 Å². The monoisotopic (exact) mass is 1140 g/mol. The van der Waals surface area contributed by atoms with Gasteiger partial charge in [0, 0.05) is 48.3 Å². The molecule has 20 nitrogen and oxygen atoms in total. The highest BCUT2D eigenvalue weighted by Crippen LogP contribution is 2.44. The van der Waals surface area contributed by atoms with Crippen molar-refractivity contribution >= 4 is 46.9 Å². The summed E-state index contributed by atoms with van der Waals surface area (Å²) >= 11 is 0. The summed E-state index contributed by atoms with van der Waals surface area (Å²) in [6.45, 7) is 13.7. The quantitative estimate of drug-likeness (QED) is 0.0190. The first-order valence-corrected chi connectivity index (χ1v) is 28.0. The highest BCUT2D eigenvalue weighted by Gasteiger charge is 2.46. The first-order valence-electron chi connectivity index (χ1n) is 28.0. The van der Waals surface area contributed by atoms with E-state index in [2.05, 4.69) is 26.3 Å². The summed E-state index contributed by atoms with van der Waals surface area (Å²) in [7, 11) is 0. The Morgan fingerprint density at radius 3 is 2.29 bits per heavy atom. The van der Waals surface area contributed by atoms with Crippen LogP contribution >= 0.6 is 0 Å². The lowest BCUT2D eigenvalue weighted by Crippen LogP contribution is -2.54. The number of imide groups is 2. The predicted octanol–water partition coefficient (Wildman–Crippen LogP) is 8.41. The second-order valence-electron chi connectivity index (χ2n) is 22.5. The van der Waals surface area contributed by atoms with Crippen molar-refractivity contribution in [2.75, 3.05) is 37.0 Å². The number of hydrogen-bond acceptors (Lipinski definition) is 14. The van der Waals surface area contributed by atoms with Crippen molar-refractivity contribution in [1.82, 2.24) is 29.8 Å². The van der Waals surface area contributed by atoms with Gasteiger partial charge in [0.15, 0.2) is 0 Å². The minimum atomic E-state index is -1.25. The van der Waals surface area contributed by atoms with Crippen LogP contribution in [0.15, 0.2) is 103 Å². The Labute approximate surface area is 481 Å². The summed E-state index contributed by atoms with van der Waals surface area (Å²) < 4.78 is 37.1. The fourth-order valence-corrected chi connectivity index (χ4v) is 10.4. The van der Waals surface area contributed by atoms with Crippen molar-refractivity contribution in [2.24, 2.45) is 0 Å². The van der Waals surface area contributed by atoms with Crippen molar-refractivity contribution in [3.05, 3.63) is 137 Å². The van der Waals surface area contributed by atoms with Gasteiger partial charge in [-0.25, -0.2) is 9.07 Å². The molecule has 0 aliphatic carbocycles. The number of piperidine rings is 1. The number of nitrogens with one attached hydrogen (secondary N) is 3. The van der Waals surface area contributed by atoms with Crippen LogP contribution in [0.3, 0.4) is 0 Å². The van der Waals surface area contributed by atoms with Crippen LogP contribution in [0.1, 0.15) is 135 Å². The highest BCUT2D eigenvalue weighted by molar-refractivity contribution is 6.25. The van der Waals surface area contributed by atoms with Gasteiger partial charge in [0.05, 0.1) is 84.3 Å². The Balaban J connectivity index is 0.857. The highest BCUT2D eigenvalue weighted by atomic mass is 19.1. The lowest BCUT2D eigenvalue weighted by atomic mass is 9.94. The molecule has 21 heteroatoms. The van der Waals surface area contributed by atoms with Gasteiger partial charge < -0.3 is 44.7 Å². The number of hydrogen-bond donors (Lipinski definition) is 6. The molecule has 6 aromatic rings. The molecule has 440 valence electrons. The van der Waals surface area contributed by atoms with E-state index in [0.29, 0.717) is 103 Å². The van der Waals surface area contributed by atoms with E-state index in [-0.39, 0.29) is 55.2 Å². The number of carboxylic acid groups (broad SMARTS) is 1. The molecule has 83 heavy (non-hydrogen) atoms. The molecule has 2 aliphatic heterocycles. The molecule has 1 saturated heterocycles. The van der Waals surface area contributed by atoms with Gasteiger partial charge in [-0.15, -0.1) is 5.10 Å². The van der Waals surface area contributed by atoms with Crippen molar-refractivity contribution in [1.29, 1.82) is 0 Å². The van der Waals surface area contributed by atoms with Crippen molar-refractivity contribution in [3.63, 3.8) is 0 Å². The zero-order valence-electron chi connectivity index (χ0n) is 47.7. The molecule has 4 aromatic carbocycles. The number of carboxylic acids is 1. The largest absolute Gasteiger partial charge is 0.494 e. The van der Waals surface area contributed by atoms with Crippen LogP contribution in [0.25, 0.3) is 22.4 Å². The Kier molecular flexibility index (Phi) is 19.7. The molecule has 8 rings (SSSR count). The number of anilines is 2. The third-order valence-electron chi connectivity index (χ3n) is 14.6. The van der Waals surface area contributed by atoms with E-state index < -0.39 is 71.3 Å². The maximum Gasteiger partial charge on any atom is 0.305 e. The minimum absolute atomic E-state index is 0.0340. The number of ether oxygens (including phenoxy) is 3. The Hall–Kier alpha value is -8.11. The van der Waals surface area contributed by atoms with Crippen molar-refractivity contribution in [2.45, 2.75) is 141 Å². The smallest absolute Gasteiger partial charge is 0.305 e. The number of aryl methyl sites for hydroxylation is 1. The molecule has 0 bridgehead atoms. The average molecular weight is 1140 g/mol. The maximum absolute atomic E-state index is 14.7. The number of amides is 5. The fourth-order valence-electron chi connectivity index (χ4n) is 10.4. The van der Waals surface area contributed by atoms with E-state index in [0.717, 1.165) is 10.6 Å². The summed E-state index contributed by atoms with van der Waals surface area (Å²) in [5, 5.41) is 47.9. The lowest BCUT2D eigenvalue weighted by molar-refractivity contribution is -0.140. The maximum atomic E-state index is 14.7. The normalized spacial score (nSPS) is 15.3. The summed E-state index contributed by atoms with van der Waals surface area (Å²) in [6, 6.07) is 26.3. The van der Waals surface area contributed by atoms with Gasteiger partial charge in [-0.05, 0) is 144 Å². The van der Waals surface area contributed by atoms with Gasteiger partial charge >= 0.3 is 5.97 Å². The van der Waals surface area contributed by atoms with Gasteiger partial charge in [0.2, 0.25) is 11.8 Å². The zero-order chi connectivity index (χ0) is 59.6. The van der Waals surface area contributed by atoms with E-state index in [4.69, 9.17) is 14.2 Å². The molecule has 0 radical (unpaired) electrons. The number of carbonyl (C=O) groups is 6. The number of rotatable bonds is 29. The molecule has 3 atom stereocenters. The number of carbonyl (C=O) groups excluding carboxylic acids is 5. The third kappa shape index (κ3) is 15.5. The number of benzene rings is 4. The predicted molar refractivity (Wildman–Crippen MR) is 307 cm³/mol. The SMILES string of the molecule is CC(C)c1c(C(=O)Nc2ccccc2)c(-c2cccc(OCCCc3cn(CCOC(C)(C)CCOC(C)(C)CNc4cccc5c4C(=O)N(C4CCC(=O)NC4=O)C5=O)nn3)c2)c(-c2ccc(F)cc2)n1CC[C@@H](O)C[C@@H](O)CC(=O)O. The first-order chi connectivity index (χ1) is 39.6. The molecule has 2 aliphatic rings. The topological polar surface area (TPSA) is 266 Å². The summed E-state index contributed by atoms with van der Waals surface area (Å²) in [5.41, 5.74) is 4.43. The average Bonchev–Trinajstić information content (AvgIpc) is 2.09. The molecule has 2 aromatic heterocycles. The third-order valence-corrected chi connectivity index (χ3v) is 14.6. The van der Waals surface area contributed by atoms with E-state index >= 15 is 0 Å². The Bertz CT molecular complexity index is 3300. The summed E-state index contributed by atoms with van der Waals surface area (Å²) in [6.07, 6.45) is 0.860. The number of para-hydroxylation sites is 1. The molecule has 6 N–H and O–H groups in total. The van der Waals surface area contributed by atoms with Gasteiger partial charge in [0.25, 0.3) is 17.7 Å². The number of halogens is 1. The molecular weight excluding hydrogens is 1070 g/mol. The standard InChI is InChI=1S/C62H73FN8O12/c1-38(2)55-54(58(78)65-42-14-8-7-9-15-42)52(56(39-20-22-41(63)23-21-39)70(55)28-26-44(72)34-45(73)35-51(75)76)40-13-10-17-46(33-40)81-30-12-16-43-36-69(68-67-43)29-32-83-61(3,4)27-31-82-62(5,6)37-64-48-19-11-18-47-53(48)60(80)71(59(47)79)49-24-25-50(74)66-57(49)77/h7-11,13-15,17-23,33,36,38,44-45,49,64,72-73H,12,16,24-32,34-35,37H2,1-6H3,(H,65,78)(H,75,76)(H,66,74,77)/t44-,45-,49?/m1/s1. The molecular formula is C62H73FN8O12. The fraction of sp³-hybridized carbons (Fsp3) is 0.419. The van der Waals surface area contributed by atoms with Gasteiger partial charge in [0.1, 0.15) is 17.6 Å². The van der Waals surface area contributed by atoms with Crippen LogP contribution in [0.2, 0.25) is 0 Å². The second kappa shape index (κ2) is 26.9. The van der Waals surface area contributed by atoms with Gasteiger partial charge in [-0.3, -0.25) is 39.0 Å². The second-order valence-corrected chi connectivity index (χ2v) is 22.5. The summed E-state index contributed by atoms with van der Waals surface area (Å²) in [5.74, 6) is -3.95. The Morgan fingerprint density at radius 2 is 1.57 bits per heavy atom. The first kappa shape index (κ1) is 61.0. The number of aliphatic hydroxyl groups excluding tert-OH is 2. The molecule has 0 saturated carbocycles. The van der Waals surface area contributed by atoms with E-state index in [1.54, 1.807) is 47.1 Å². The molecule has 4 heterocycles. The molecule has 0 spiro atoms. The van der Waals surface area contributed by atoms with E-state index in [1.807, 2.05) is 94.8 Å². The van der Waals surface area contributed by atoms with Gasteiger partial charge in [-0.2, -0.15) is 0 Å². The van der Waals surface area contributed by atoms with Crippen LogP contribution in [0, 0.1) is 5.82 Å². The van der Waals surface area contributed by atoms with Gasteiger partial charge in [-0.1, -0.05) is 55.5 Å². The number of fused-ring (bicyclic) bond motifs is 1.